The molecule has 1 unspecified atom stereocenters. The van der Waals surface area contributed by atoms with Crippen LogP contribution >= 0.6 is 0 Å². The van der Waals surface area contributed by atoms with Gasteiger partial charge in [0.2, 0.25) is 5.95 Å². The lowest BCUT2D eigenvalue weighted by Gasteiger charge is -2.31. The monoisotopic (exact) mass is 405 g/mol. The highest BCUT2D eigenvalue weighted by Gasteiger charge is 2.37. The number of aromatic nitrogens is 2. The fourth-order valence-electron chi connectivity index (χ4n) is 3.86. The Kier molecular flexibility index (Phi) is 5.18. The van der Waals surface area contributed by atoms with Gasteiger partial charge in [-0.15, -0.1) is 0 Å². The molecule has 1 aliphatic heterocycles. The number of carbonyl (C=O) groups is 1. The molecule has 1 aromatic heterocycles. The molecule has 7 nitrogen and oxygen atoms in total. The minimum atomic E-state index is -0.518. The zero-order valence-electron chi connectivity index (χ0n) is 17.1. The van der Waals surface area contributed by atoms with Crippen molar-refractivity contribution in [2.45, 2.75) is 13.0 Å². The number of para-hydroxylation sites is 3. The highest BCUT2D eigenvalue weighted by molar-refractivity contribution is 5.94. The number of fused-ring (bicyclic) bond motifs is 3. The normalized spacial score (nSPS) is 15.4. The summed E-state index contributed by atoms with van der Waals surface area (Å²) in [6.07, 6.45) is 1.54. The number of benzene rings is 2. The number of hydrogen-bond donors (Lipinski definition) is 1. The van der Waals surface area contributed by atoms with Crippen LogP contribution in [0.3, 0.4) is 0 Å². The summed E-state index contributed by atoms with van der Waals surface area (Å²) < 4.78 is 18.6. The van der Waals surface area contributed by atoms with Crippen molar-refractivity contribution in [2.75, 3.05) is 26.1 Å². The van der Waals surface area contributed by atoms with Gasteiger partial charge in [-0.25, -0.2) is 9.78 Å². The minimum absolute atomic E-state index is 0.120. The molecule has 4 rings (SSSR count). The van der Waals surface area contributed by atoms with Crippen molar-refractivity contribution < 1.29 is 19.0 Å². The lowest BCUT2D eigenvalue weighted by Crippen LogP contribution is -2.29. The van der Waals surface area contributed by atoms with E-state index < -0.39 is 12.0 Å². The highest BCUT2D eigenvalue weighted by atomic mass is 16.5. The molecule has 7 heteroatoms. The summed E-state index contributed by atoms with van der Waals surface area (Å²) in [4.78, 5) is 17.8. The summed E-state index contributed by atoms with van der Waals surface area (Å²) in [6, 6.07) is 12.9. The van der Waals surface area contributed by atoms with Gasteiger partial charge in [0.1, 0.15) is 6.61 Å². The maximum Gasteiger partial charge on any atom is 0.338 e. The van der Waals surface area contributed by atoms with Gasteiger partial charge in [-0.3, -0.25) is 4.57 Å². The third-order valence-corrected chi connectivity index (χ3v) is 5.11. The summed E-state index contributed by atoms with van der Waals surface area (Å²) in [5, 5.41) is 3.26. The van der Waals surface area contributed by atoms with E-state index in [4.69, 9.17) is 19.2 Å². The summed E-state index contributed by atoms with van der Waals surface area (Å²) >= 11 is 0. The third kappa shape index (κ3) is 3.08. The van der Waals surface area contributed by atoms with E-state index in [2.05, 4.69) is 11.9 Å². The van der Waals surface area contributed by atoms with E-state index in [1.807, 2.05) is 54.0 Å². The van der Waals surface area contributed by atoms with Crippen LogP contribution in [0.1, 0.15) is 18.5 Å². The average molecular weight is 405 g/mol. The van der Waals surface area contributed by atoms with Crippen LogP contribution in [0.4, 0.5) is 5.95 Å². The number of esters is 1. The van der Waals surface area contributed by atoms with Gasteiger partial charge in [-0.05, 0) is 25.1 Å². The first-order valence-electron chi connectivity index (χ1n) is 9.54. The summed E-state index contributed by atoms with van der Waals surface area (Å²) in [5.41, 5.74) is 3.62. The van der Waals surface area contributed by atoms with E-state index in [-0.39, 0.29) is 6.61 Å². The maximum atomic E-state index is 13.1. The van der Waals surface area contributed by atoms with Gasteiger partial charge >= 0.3 is 5.97 Å². The van der Waals surface area contributed by atoms with Crippen LogP contribution in [-0.4, -0.2) is 36.3 Å². The van der Waals surface area contributed by atoms with Gasteiger partial charge in [-0.1, -0.05) is 36.9 Å². The van der Waals surface area contributed by atoms with Crippen molar-refractivity contribution in [1.29, 1.82) is 0 Å². The Morgan fingerprint density at radius 1 is 1.20 bits per heavy atom. The standard InChI is InChI=1S/C23H23N3O4/c1-5-13-30-22(27)19-14(2)24-23-25-16-10-6-7-11-17(16)26(23)20(19)15-9-8-12-18(28-3)21(15)29-4/h5-12,20H,1,13H2,2-4H3,(H,24,25). The summed E-state index contributed by atoms with van der Waals surface area (Å²) in [6.45, 7) is 5.59. The summed E-state index contributed by atoms with van der Waals surface area (Å²) in [7, 11) is 3.17. The smallest absolute Gasteiger partial charge is 0.338 e. The SMILES string of the molecule is C=CCOC(=O)C1=C(C)Nc2nc3ccccc3n2C1c1cccc(OC)c1OC. The lowest BCUT2D eigenvalue weighted by molar-refractivity contribution is -0.138. The molecular weight excluding hydrogens is 382 g/mol. The van der Waals surface area contributed by atoms with Gasteiger partial charge in [0.15, 0.2) is 11.5 Å². The average Bonchev–Trinajstić information content (AvgIpc) is 3.13. The number of hydrogen-bond acceptors (Lipinski definition) is 6. The van der Waals surface area contributed by atoms with Crippen LogP contribution in [0.5, 0.6) is 11.5 Å². The molecule has 1 N–H and O–H groups in total. The molecule has 0 radical (unpaired) electrons. The number of carbonyl (C=O) groups excluding carboxylic acids is 1. The zero-order valence-corrected chi connectivity index (χ0v) is 17.1. The van der Waals surface area contributed by atoms with Crippen molar-refractivity contribution in [3.05, 3.63) is 72.0 Å². The molecular formula is C23H23N3O4. The first-order chi connectivity index (χ1) is 14.6. The number of anilines is 1. The van der Waals surface area contributed by atoms with E-state index in [0.717, 1.165) is 16.6 Å². The van der Waals surface area contributed by atoms with Gasteiger partial charge in [0.25, 0.3) is 0 Å². The molecule has 0 aliphatic carbocycles. The van der Waals surface area contributed by atoms with Crippen molar-refractivity contribution in [2.24, 2.45) is 0 Å². The molecule has 2 heterocycles. The second kappa shape index (κ2) is 7.94. The first kappa shape index (κ1) is 19.6. The molecule has 0 spiro atoms. The van der Waals surface area contributed by atoms with Crippen molar-refractivity contribution >= 4 is 23.0 Å². The van der Waals surface area contributed by atoms with Gasteiger partial charge in [0.05, 0.1) is 36.9 Å². The van der Waals surface area contributed by atoms with Gasteiger partial charge in [-0.2, -0.15) is 0 Å². The molecule has 1 atom stereocenters. The van der Waals surface area contributed by atoms with Crippen LogP contribution in [-0.2, 0) is 9.53 Å². The molecule has 0 saturated heterocycles. The molecule has 154 valence electrons. The number of nitrogens with zero attached hydrogens (tertiary/aromatic N) is 2. The molecule has 2 aromatic carbocycles. The first-order valence-corrected chi connectivity index (χ1v) is 9.54. The number of nitrogens with one attached hydrogen (secondary N) is 1. The topological polar surface area (TPSA) is 74.6 Å². The Bertz CT molecular complexity index is 1160. The highest BCUT2D eigenvalue weighted by Crippen LogP contribution is 2.45. The second-order valence-corrected chi connectivity index (χ2v) is 6.83. The Hall–Kier alpha value is -3.74. The number of allylic oxidation sites excluding steroid dienone is 1. The number of rotatable bonds is 6. The summed E-state index contributed by atoms with van der Waals surface area (Å²) in [5.74, 6) is 1.34. The Morgan fingerprint density at radius 2 is 2.00 bits per heavy atom. The van der Waals surface area contributed by atoms with Gasteiger partial charge in [0, 0.05) is 11.3 Å². The van der Waals surface area contributed by atoms with Crippen LogP contribution in [0.15, 0.2) is 66.4 Å². The minimum Gasteiger partial charge on any atom is -0.493 e. The van der Waals surface area contributed by atoms with Crippen molar-refractivity contribution in [3.63, 3.8) is 0 Å². The van der Waals surface area contributed by atoms with Crippen LogP contribution < -0.4 is 14.8 Å². The van der Waals surface area contributed by atoms with E-state index in [1.54, 1.807) is 20.3 Å². The fourth-order valence-corrected chi connectivity index (χ4v) is 3.86. The molecule has 0 fully saturated rings. The number of methoxy groups -OCH3 is 2. The Labute approximate surface area is 174 Å². The molecule has 3 aromatic rings. The second-order valence-electron chi connectivity index (χ2n) is 6.83. The molecule has 0 saturated carbocycles. The molecule has 0 amide bonds. The van der Waals surface area contributed by atoms with Crippen LogP contribution in [0.25, 0.3) is 11.0 Å². The Balaban J connectivity index is 2.00. The zero-order chi connectivity index (χ0) is 21.3. The predicted molar refractivity (Wildman–Crippen MR) is 115 cm³/mol. The largest absolute Gasteiger partial charge is 0.493 e. The van der Waals surface area contributed by atoms with E-state index in [1.165, 1.54) is 0 Å². The number of ether oxygens (including phenoxy) is 3. The van der Waals surface area contributed by atoms with E-state index >= 15 is 0 Å². The van der Waals surface area contributed by atoms with Crippen molar-refractivity contribution in [1.82, 2.24) is 9.55 Å². The fraction of sp³-hybridized carbons (Fsp3) is 0.217. The van der Waals surface area contributed by atoms with E-state index in [0.29, 0.717) is 28.7 Å². The Morgan fingerprint density at radius 3 is 2.73 bits per heavy atom. The maximum absolute atomic E-state index is 13.1. The predicted octanol–water partition coefficient (Wildman–Crippen LogP) is 4.07. The van der Waals surface area contributed by atoms with Gasteiger partial charge < -0.3 is 19.5 Å². The quantitative estimate of drug-likeness (QED) is 0.492. The third-order valence-electron chi connectivity index (χ3n) is 5.11. The number of imidazole rings is 1. The molecule has 0 bridgehead atoms. The van der Waals surface area contributed by atoms with E-state index in [9.17, 15) is 4.79 Å². The van der Waals surface area contributed by atoms with Crippen LogP contribution in [0.2, 0.25) is 0 Å². The van der Waals surface area contributed by atoms with Crippen molar-refractivity contribution in [3.8, 4) is 11.5 Å². The molecule has 1 aliphatic rings. The lowest BCUT2D eigenvalue weighted by atomic mass is 9.94. The molecule has 30 heavy (non-hydrogen) atoms. The van der Waals surface area contributed by atoms with Crippen LogP contribution in [0, 0.1) is 0 Å².